The maximum atomic E-state index is 12.3. The molecule has 0 radical (unpaired) electrons. The van der Waals surface area contributed by atoms with Gasteiger partial charge in [0, 0.05) is 35.5 Å². The van der Waals surface area contributed by atoms with Crippen LogP contribution in [-0.4, -0.2) is 26.7 Å². The van der Waals surface area contributed by atoms with Crippen LogP contribution in [0.2, 0.25) is 5.02 Å². The molecule has 1 aliphatic heterocycles. The molecular formula is C16H19ClN4O. The molecule has 22 heavy (non-hydrogen) atoms. The van der Waals surface area contributed by atoms with Gasteiger partial charge in [0.2, 0.25) is 0 Å². The Labute approximate surface area is 134 Å². The lowest BCUT2D eigenvalue weighted by atomic mass is 10.1. The minimum atomic E-state index is -0.0879. The lowest BCUT2D eigenvalue weighted by Gasteiger charge is -2.26. The molecule has 0 aliphatic carbocycles. The Kier molecular flexibility index (Phi) is 4.16. The molecule has 0 spiro atoms. The summed E-state index contributed by atoms with van der Waals surface area (Å²) in [6, 6.07) is 7.09. The number of aromatic nitrogens is 3. The van der Waals surface area contributed by atoms with Crippen molar-refractivity contribution in [3.05, 3.63) is 46.5 Å². The van der Waals surface area contributed by atoms with Crippen molar-refractivity contribution in [1.82, 2.24) is 20.1 Å². The number of halogens is 1. The number of hydrogen-bond donors (Lipinski definition) is 1. The molecule has 1 N–H and O–H groups in total. The van der Waals surface area contributed by atoms with Crippen molar-refractivity contribution in [3.63, 3.8) is 0 Å². The summed E-state index contributed by atoms with van der Waals surface area (Å²) in [4.78, 5) is 12.3. The highest BCUT2D eigenvalue weighted by Gasteiger charge is 2.25. The zero-order valence-electron chi connectivity index (χ0n) is 12.7. The van der Waals surface area contributed by atoms with Gasteiger partial charge in [0.1, 0.15) is 11.6 Å². The first-order chi connectivity index (χ1) is 10.5. The largest absolute Gasteiger partial charge is 0.347 e. The second-order valence-corrected chi connectivity index (χ2v) is 6.40. The van der Waals surface area contributed by atoms with Gasteiger partial charge in [-0.1, -0.05) is 31.5 Å². The van der Waals surface area contributed by atoms with Gasteiger partial charge < -0.3 is 9.88 Å². The van der Waals surface area contributed by atoms with Crippen LogP contribution < -0.4 is 5.32 Å². The molecule has 0 saturated carbocycles. The Bertz CT molecular complexity index is 695. The summed E-state index contributed by atoms with van der Waals surface area (Å²) >= 11 is 5.94. The average molecular weight is 319 g/mol. The highest BCUT2D eigenvalue weighted by molar-refractivity contribution is 6.30. The van der Waals surface area contributed by atoms with Crippen molar-refractivity contribution < 1.29 is 4.79 Å². The lowest BCUT2D eigenvalue weighted by molar-refractivity contribution is 0.0927. The molecule has 2 heterocycles. The third-order valence-electron chi connectivity index (χ3n) is 3.91. The number of amides is 1. The highest BCUT2D eigenvalue weighted by atomic mass is 35.5. The van der Waals surface area contributed by atoms with Gasteiger partial charge >= 0.3 is 0 Å². The molecule has 6 heteroatoms. The number of fused-ring (bicyclic) bond motifs is 1. The molecule has 1 aromatic heterocycles. The minimum Gasteiger partial charge on any atom is -0.347 e. The van der Waals surface area contributed by atoms with E-state index in [0.717, 1.165) is 31.0 Å². The van der Waals surface area contributed by atoms with Crippen LogP contribution in [0.1, 0.15) is 48.2 Å². The van der Waals surface area contributed by atoms with Gasteiger partial charge in [-0.2, -0.15) is 0 Å². The number of carbonyl (C=O) groups excluding carboxylic acids is 1. The van der Waals surface area contributed by atoms with E-state index in [1.807, 2.05) is 0 Å². The van der Waals surface area contributed by atoms with E-state index in [1.54, 1.807) is 24.3 Å². The van der Waals surface area contributed by atoms with Crippen LogP contribution in [0, 0.1) is 0 Å². The first kappa shape index (κ1) is 15.0. The van der Waals surface area contributed by atoms with Gasteiger partial charge in [-0.25, -0.2) is 0 Å². The Morgan fingerprint density at radius 2 is 2.23 bits per heavy atom. The van der Waals surface area contributed by atoms with Crippen molar-refractivity contribution in [3.8, 4) is 0 Å². The number of rotatable bonds is 3. The number of aryl methyl sites for hydroxylation is 1. The van der Waals surface area contributed by atoms with E-state index in [-0.39, 0.29) is 11.9 Å². The SMILES string of the molecule is CC(C)c1nnc2n1C[C@@H](NC(=O)c1cccc(Cl)c1)CC2. The Balaban J connectivity index is 1.72. The maximum absolute atomic E-state index is 12.3. The van der Waals surface area contributed by atoms with E-state index in [1.165, 1.54) is 0 Å². The van der Waals surface area contributed by atoms with E-state index in [0.29, 0.717) is 16.5 Å². The monoisotopic (exact) mass is 318 g/mol. The van der Waals surface area contributed by atoms with E-state index < -0.39 is 0 Å². The molecule has 0 bridgehead atoms. The van der Waals surface area contributed by atoms with E-state index in [2.05, 4.69) is 33.9 Å². The van der Waals surface area contributed by atoms with Crippen LogP contribution in [0.5, 0.6) is 0 Å². The fourth-order valence-corrected chi connectivity index (χ4v) is 2.98. The Morgan fingerprint density at radius 3 is 2.95 bits per heavy atom. The summed E-state index contributed by atoms with van der Waals surface area (Å²) in [5.74, 6) is 2.23. The summed E-state index contributed by atoms with van der Waals surface area (Å²) in [6.45, 7) is 4.93. The highest BCUT2D eigenvalue weighted by Crippen LogP contribution is 2.20. The van der Waals surface area contributed by atoms with Crippen LogP contribution >= 0.6 is 11.6 Å². The standard InChI is InChI=1S/C16H19ClN4O/c1-10(2)15-20-19-14-7-6-13(9-21(14)15)18-16(22)11-4-3-5-12(17)8-11/h3-5,8,10,13H,6-7,9H2,1-2H3,(H,18,22)/t13-/m0/s1. The molecule has 1 aromatic carbocycles. The van der Waals surface area contributed by atoms with Gasteiger partial charge in [-0.15, -0.1) is 10.2 Å². The number of hydrogen-bond acceptors (Lipinski definition) is 3. The number of nitrogens with zero attached hydrogens (tertiary/aromatic N) is 3. The normalized spacial score (nSPS) is 17.4. The van der Waals surface area contributed by atoms with Gasteiger partial charge in [0.15, 0.2) is 0 Å². The first-order valence-corrected chi connectivity index (χ1v) is 7.91. The molecule has 1 amide bonds. The molecule has 1 atom stereocenters. The van der Waals surface area contributed by atoms with Crippen LogP contribution in [0.25, 0.3) is 0 Å². The third kappa shape index (κ3) is 2.99. The van der Waals surface area contributed by atoms with Gasteiger partial charge in [0.05, 0.1) is 0 Å². The molecule has 5 nitrogen and oxygen atoms in total. The topological polar surface area (TPSA) is 59.8 Å². The van der Waals surface area contributed by atoms with Crippen molar-refractivity contribution in [1.29, 1.82) is 0 Å². The average Bonchev–Trinajstić information content (AvgIpc) is 2.90. The summed E-state index contributed by atoms with van der Waals surface area (Å²) in [6.07, 6.45) is 1.71. The van der Waals surface area contributed by atoms with Crippen molar-refractivity contribution in [2.75, 3.05) is 0 Å². The van der Waals surface area contributed by atoms with Crippen LogP contribution in [0.15, 0.2) is 24.3 Å². The molecule has 0 fully saturated rings. The van der Waals surface area contributed by atoms with Crippen molar-refractivity contribution in [2.45, 2.75) is 45.2 Å². The predicted octanol–water partition coefficient (Wildman–Crippen LogP) is 2.80. The molecule has 0 unspecified atom stereocenters. The van der Waals surface area contributed by atoms with Gasteiger partial charge in [0.25, 0.3) is 5.91 Å². The summed E-state index contributed by atoms with van der Waals surface area (Å²) in [7, 11) is 0. The first-order valence-electron chi connectivity index (χ1n) is 7.53. The van der Waals surface area contributed by atoms with E-state index in [4.69, 9.17) is 11.6 Å². The van der Waals surface area contributed by atoms with E-state index in [9.17, 15) is 4.79 Å². The zero-order chi connectivity index (χ0) is 15.7. The van der Waals surface area contributed by atoms with Crippen LogP contribution in [0.4, 0.5) is 0 Å². The summed E-state index contributed by atoms with van der Waals surface area (Å²) in [5.41, 5.74) is 0.589. The molecule has 0 saturated heterocycles. The Hall–Kier alpha value is -1.88. The van der Waals surface area contributed by atoms with Crippen molar-refractivity contribution >= 4 is 17.5 Å². The fraction of sp³-hybridized carbons (Fsp3) is 0.438. The van der Waals surface area contributed by atoms with E-state index >= 15 is 0 Å². The smallest absolute Gasteiger partial charge is 0.251 e. The van der Waals surface area contributed by atoms with Gasteiger partial charge in [-0.05, 0) is 24.6 Å². The third-order valence-corrected chi connectivity index (χ3v) is 4.15. The predicted molar refractivity (Wildman–Crippen MR) is 85.1 cm³/mol. The second kappa shape index (κ2) is 6.08. The van der Waals surface area contributed by atoms with Gasteiger partial charge in [-0.3, -0.25) is 4.79 Å². The van der Waals surface area contributed by atoms with Crippen molar-refractivity contribution in [2.24, 2.45) is 0 Å². The van der Waals surface area contributed by atoms with Crippen LogP contribution in [0.3, 0.4) is 0 Å². The number of carbonyl (C=O) groups is 1. The quantitative estimate of drug-likeness (QED) is 0.946. The number of nitrogens with one attached hydrogen (secondary N) is 1. The molecule has 1 aliphatic rings. The molecule has 116 valence electrons. The fourth-order valence-electron chi connectivity index (χ4n) is 2.79. The molecule has 2 aromatic rings. The lowest BCUT2D eigenvalue weighted by Crippen LogP contribution is -2.41. The Morgan fingerprint density at radius 1 is 1.41 bits per heavy atom. The molecular weight excluding hydrogens is 300 g/mol. The van der Waals surface area contributed by atoms with Crippen LogP contribution in [-0.2, 0) is 13.0 Å². The summed E-state index contributed by atoms with van der Waals surface area (Å²) < 4.78 is 2.14. The number of benzene rings is 1. The summed E-state index contributed by atoms with van der Waals surface area (Å²) in [5, 5.41) is 12.2. The second-order valence-electron chi connectivity index (χ2n) is 5.96. The zero-order valence-corrected chi connectivity index (χ0v) is 13.5. The maximum Gasteiger partial charge on any atom is 0.251 e. The molecule has 3 rings (SSSR count). The minimum absolute atomic E-state index is 0.0879.